The molecule has 3 aliphatic rings. The number of hydrogen-bond acceptors (Lipinski definition) is 4. The maximum Gasteiger partial charge on any atom is 0.325 e. The molecule has 0 unspecified atom stereocenters. The highest BCUT2D eigenvalue weighted by Crippen LogP contribution is 2.33. The van der Waals surface area contributed by atoms with Crippen molar-refractivity contribution in [2.24, 2.45) is 5.92 Å². The van der Waals surface area contributed by atoms with Crippen molar-refractivity contribution < 1.29 is 14.4 Å². The maximum atomic E-state index is 12.5. The van der Waals surface area contributed by atoms with E-state index in [0.29, 0.717) is 18.1 Å². The smallest absolute Gasteiger partial charge is 0.325 e. The number of likely N-dealkylation sites (tertiary alicyclic amines) is 1. The van der Waals surface area contributed by atoms with Crippen molar-refractivity contribution in [1.82, 2.24) is 15.1 Å². The highest BCUT2D eigenvalue weighted by Gasteiger charge is 2.53. The Morgan fingerprint density at radius 3 is 2.95 bits per heavy atom. The second kappa shape index (κ2) is 5.51. The van der Waals surface area contributed by atoms with Gasteiger partial charge in [0.05, 0.1) is 0 Å². The molecule has 0 radical (unpaired) electrons. The van der Waals surface area contributed by atoms with Crippen molar-refractivity contribution >= 4 is 29.6 Å². The lowest BCUT2D eigenvalue weighted by molar-refractivity contribution is -0.139. The number of nitrogens with one attached hydrogen (secondary N) is 1. The van der Waals surface area contributed by atoms with E-state index in [2.05, 4.69) is 12.2 Å². The number of carbonyl (C=O) groups is 3. The molecule has 4 amide bonds. The van der Waals surface area contributed by atoms with Crippen LogP contribution in [0.2, 0.25) is 0 Å². The zero-order valence-electron chi connectivity index (χ0n) is 12.3. The first-order valence-corrected chi connectivity index (χ1v) is 8.67. The van der Waals surface area contributed by atoms with Gasteiger partial charge in [0, 0.05) is 18.8 Å². The van der Waals surface area contributed by atoms with Crippen LogP contribution in [0.15, 0.2) is 0 Å². The van der Waals surface area contributed by atoms with Crippen molar-refractivity contribution in [3.8, 4) is 0 Å². The molecule has 0 aromatic carbocycles. The summed E-state index contributed by atoms with van der Waals surface area (Å²) < 4.78 is 0. The van der Waals surface area contributed by atoms with Crippen LogP contribution in [0.5, 0.6) is 0 Å². The molecule has 2 atom stereocenters. The van der Waals surface area contributed by atoms with Crippen LogP contribution in [0.1, 0.15) is 26.2 Å². The number of piperidine rings is 1. The SMILES string of the molecule is C[C@@H]1CCCN(C(=O)CN2C(=O)N[C@@]3(CCSC3)C2=O)C1. The molecule has 1 N–H and O–H groups in total. The largest absolute Gasteiger partial charge is 0.341 e. The van der Waals surface area contributed by atoms with E-state index >= 15 is 0 Å². The van der Waals surface area contributed by atoms with Gasteiger partial charge in [0.25, 0.3) is 5.91 Å². The third-order valence-corrected chi connectivity index (χ3v) is 5.76. The lowest BCUT2D eigenvalue weighted by Crippen LogP contribution is -2.49. The summed E-state index contributed by atoms with van der Waals surface area (Å²) >= 11 is 1.67. The summed E-state index contributed by atoms with van der Waals surface area (Å²) in [5.74, 6) is 1.63. The van der Waals surface area contributed by atoms with E-state index in [4.69, 9.17) is 0 Å². The zero-order valence-corrected chi connectivity index (χ0v) is 13.1. The van der Waals surface area contributed by atoms with Gasteiger partial charge in [-0.15, -0.1) is 0 Å². The van der Waals surface area contributed by atoms with Crippen molar-refractivity contribution in [2.75, 3.05) is 31.1 Å². The van der Waals surface area contributed by atoms with E-state index in [9.17, 15) is 14.4 Å². The number of carbonyl (C=O) groups excluding carboxylic acids is 3. The summed E-state index contributed by atoms with van der Waals surface area (Å²) in [6.45, 7) is 3.46. The molecule has 21 heavy (non-hydrogen) atoms. The van der Waals surface area contributed by atoms with Crippen LogP contribution >= 0.6 is 11.8 Å². The normalized spacial score (nSPS) is 32.9. The summed E-state index contributed by atoms with van der Waals surface area (Å²) in [5, 5.41) is 2.79. The molecule has 3 heterocycles. The Kier molecular flexibility index (Phi) is 3.86. The average molecular weight is 311 g/mol. The third-order valence-electron chi connectivity index (χ3n) is 4.57. The van der Waals surface area contributed by atoms with Gasteiger partial charge in [0.2, 0.25) is 5.91 Å². The molecule has 3 fully saturated rings. The van der Waals surface area contributed by atoms with Crippen LogP contribution in [-0.4, -0.2) is 64.3 Å². The van der Waals surface area contributed by atoms with Crippen LogP contribution in [0.3, 0.4) is 0 Å². The lowest BCUT2D eigenvalue weighted by Gasteiger charge is -2.31. The Labute approximate surface area is 128 Å². The zero-order chi connectivity index (χ0) is 15.0. The van der Waals surface area contributed by atoms with Crippen molar-refractivity contribution in [2.45, 2.75) is 31.7 Å². The number of urea groups is 1. The molecule has 0 saturated carbocycles. The Hall–Kier alpha value is -1.24. The number of hydrogen-bond donors (Lipinski definition) is 1. The Bertz CT molecular complexity index is 476. The van der Waals surface area contributed by atoms with Crippen LogP contribution in [0, 0.1) is 5.92 Å². The Morgan fingerprint density at radius 1 is 1.48 bits per heavy atom. The molecule has 7 heteroatoms. The Morgan fingerprint density at radius 2 is 2.29 bits per heavy atom. The predicted octanol–water partition coefficient (Wildman–Crippen LogP) is 0.672. The molecule has 0 aromatic heterocycles. The molecule has 1 spiro atoms. The summed E-state index contributed by atoms with van der Waals surface area (Å²) in [5.41, 5.74) is -0.753. The van der Waals surface area contributed by atoms with Crippen molar-refractivity contribution in [3.05, 3.63) is 0 Å². The fraction of sp³-hybridized carbons (Fsp3) is 0.786. The van der Waals surface area contributed by atoms with Crippen LogP contribution in [-0.2, 0) is 9.59 Å². The van der Waals surface area contributed by atoms with E-state index < -0.39 is 11.6 Å². The average Bonchev–Trinajstić information content (AvgIpc) is 3.00. The van der Waals surface area contributed by atoms with Gasteiger partial charge in [-0.25, -0.2) is 4.79 Å². The first-order valence-electron chi connectivity index (χ1n) is 7.51. The minimum atomic E-state index is -0.753. The first-order chi connectivity index (χ1) is 10.0. The van der Waals surface area contributed by atoms with Crippen molar-refractivity contribution in [3.63, 3.8) is 0 Å². The molecule has 0 aliphatic carbocycles. The Balaban J connectivity index is 1.65. The molecule has 0 aromatic rings. The quantitative estimate of drug-likeness (QED) is 0.761. The van der Waals surface area contributed by atoms with Crippen LogP contribution in [0.25, 0.3) is 0 Å². The highest BCUT2D eigenvalue weighted by atomic mass is 32.2. The van der Waals surface area contributed by atoms with Gasteiger partial charge in [-0.05, 0) is 30.9 Å². The van der Waals surface area contributed by atoms with E-state index in [-0.39, 0.29) is 18.4 Å². The molecule has 3 rings (SSSR count). The van der Waals surface area contributed by atoms with Gasteiger partial charge in [-0.2, -0.15) is 11.8 Å². The molecule has 3 aliphatic heterocycles. The molecular weight excluding hydrogens is 290 g/mol. The topological polar surface area (TPSA) is 69.7 Å². The molecule has 0 bridgehead atoms. The van der Waals surface area contributed by atoms with Crippen LogP contribution < -0.4 is 5.32 Å². The second-order valence-corrected chi connectivity index (χ2v) is 7.40. The molecular formula is C14H21N3O3S. The fourth-order valence-corrected chi connectivity index (χ4v) is 4.63. The van der Waals surface area contributed by atoms with Gasteiger partial charge in [-0.1, -0.05) is 6.92 Å². The second-order valence-electron chi connectivity index (χ2n) is 6.29. The first kappa shape index (κ1) is 14.7. The summed E-state index contributed by atoms with van der Waals surface area (Å²) in [4.78, 5) is 39.7. The minimum absolute atomic E-state index is 0.118. The molecule has 3 saturated heterocycles. The lowest BCUT2D eigenvalue weighted by atomic mass is 9.99. The molecule has 116 valence electrons. The summed E-state index contributed by atoms with van der Waals surface area (Å²) in [7, 11) is 0. The van der Waals surface area contributed by atoms with E-state index in [1.807, 2.05) is 0 Å². The monoisotopic (exact) mass is 311 g/mol. The van der Waals surface area contributed by atoms with Gasteiger partial charge in [-0.3, -0.25) is 14.5 Å². The van der Waals surface area contributed by atoms with Crippen LogP contribution in [0.4, 0.5) is 4.79 Å². The van der Waals surface area contributed by atoms with Gasteiger partial charge >= 0.3 is 6.03 Å². The van der Waals surface area contributed by atoms with Gasteiger partial charge < -0.3 is 10.2 Å². The summed E-state index contributed by atoms with van der Waals surface area (Å²) in [6.07, 6.45) is 2.79. The predicted molar refractivity (Wildman–Crippen MR) is 79.9 cm³/mol. The number of amides is 4. The van der Waals surface area contributed by atoms with Gasteiger partial charge in [0.15, 0.2) is 0 Å². The molecule has 6 nitrogen and oxygen atoms in total. The number of thioether (sulfide) groups is 1. The third kappa shape index (κ3) is 2.63. The fourth-order valence-electron chi connectivity index (χ4n) is 3.30. The van der Waals surface area contributed by atoms with E-state index in [0.717, 1.165) is 36.6 Å². The highest BCUT2D eigenvalue weighted by molar-refractivity contribution is 7.99. The summed E-state index contributed by atoms with van der Waals surface area (Å²) in [6, 6.07) is -0.416. The van der Waals surface area contributed by atoms with Crippen molar-refractivity contribution in [1.29, 1.82) is 0 Å². The maximum absolute atomic E-state index is 12.5. The minimum Gasteiger partial charge on any atom is -0.341 e. The number of nitrogens with zero attached hydrogens (tertiary/aromatic N) is 2. The van der Waals surface area contributed by atoms with E-state index in [1.54, 1.807) is 16.7 Å². The van der Waals surface area contributed by atoms with E-state index in [1.165, 1.54) is 0 Å². The number of rotatable bonds is 2. The standard InChI is InChI=1S/C14H21N3O3S/c1-10-3-2-5-16(7-10)11(18)8-17-12(19)14(15-13(17)20)4-6-21-9-14/h10H,2-9H2,1H3,(H,15,20)/t10-,14-/m1/s1. The number of imide groups is 1. The van der Waals surface area contributed by atoms with Gasteiger partial charge in [0.1, 0.15) is 12.1 Å².